The summed E-state index contributed by atoms with van der Waals surface area (Å²) in [5.41, 5.74) is 3.10. The van der Waals surface area contributed by atoms with E-state index in [1.165, 1.54) is 24.3 Å². The lowest BCUT2D eigenvalue weighted by molar-refractivity contribution is 0.148. The fourth-order valence-corrected chi connectivity index (χ4v) is 3.75. The number of rotatable bonds is 16. The third-order valence-electron chi connectivity index (χ3n) is 3.74. The maximum Gasteiger partial charge on any atom is 0.296 e. The molecule has 0 bridgehead atoms. The normalized spacial score (nSPS) is 12.0. The van der Waals surface area contributed by atoms with Crippen molar-refractivity contribution in [3.8, 4) is 0 Å². The second kappa shape index (κ2) is 13.7. The first-order valence-corrected chi connectivity index (χ1v) is 13.1. The smallest absolute Gasteiger partial charge is 0.296 e. The van der Waals surface area contributed by atoms with E-state index >= 15 is 0 Å². The number of hydrogen-bond acceptors (Lipinski definition) is 16. The fraction of sp³-hybridized carbons (Fsp3) is 0.438. The van der Waals surface area contributed by atoms with Crippen molar-refractivity contribution in [2.45, 2.75) is 10.1 Å². The van der Waals surface area contributed by atoms with Gasteiger partial charge in [-0.1, -0.05) is 0 Å². The van der Waals surface area contributed by atoms with E-state index in [2.05, 4.69) is 44.7 Å². The monoisotopic (exact) mass is 539 g/mol. The molecule has 190 valence electrons. The van der Waals surface area contributed by atoms with Crippen molar-refractivity contribution in [2.75, 3.05) is 57.7 Å². The van der Waals surface area contributed by atoms with Crippen LogP contribution in [-0.2, 0) is 37.6 Å². The van der Waals surface area contributed by atoms with Crippen LogP contribution in [0.25, 0.3) is 0 Å². The van der Waals surface area contributed by atoms with Gasteiger partial charge in [-0.25, -0.2) is 4.28 Å². The molecule has 1 aromatic carbocycles. The Morgan fingerprint density at radius 1 is 0.941 bits per heavy atom. The number of ether oxygens (including phenoxy) is 1. The average molecular weight is 540 g/mol. The van der Waals surface area contributed by atoms with Gasteiger partial charge in [0.1, 0.15) is 0 Å². The van der Waals surface area contributed by atoms with E-state index in [4.69, 9.17) is 9.02 Å². The Kier molecular flexibility index (Phi) is 11.3. The highest BCUT2D eigenvalue weighted by atomic mass is 32.2. The summed E-state index contributed by atoms with van der Waals surface area (Å²) in [7, 11) is -3.81. The molecule has 0 unspecified atom stereocenters. The second-order valence-corrected chi connectivity index (χ2v) is 10.3. The van der Waals surface area contributed by atoms with Crippen LogP contribution in [0, 0.1) is 0 Å². The molecule has 0 fully saturated rings. The Balaban J connectivity index is 2.13. The number of methoxy groups -OCH3 is 1. The van der Waals surface area contributed by atoms with Crippen LogP contribution in [0.15, 0.2) is 34.3 Å². The Labute approximate surface area is 201 Å². The molecule has 0 spiro atoms. The number of hydroxylamine groups is 1. The molecule has 0 saturated heterocycles. The molecule has 0 amide bonds. The Morgan fingerprint density at radius 3 is 2.29 bits per heavy atom. The minimum atomic E-state index is -3.82. The number of nitrogens with one attached hydrogen (secondary N) is 4. The quantitative estimate of drug-likeness (QED) is 0.0732. The fourth-order valence-electron chi connectivity index (χ4n) is 2.13. The second-order valence-electron chi connectivity index (χ2n) is 6.06. The molecule has 34 heavy (non-hydrogen) atoms. The zero-order valence-electron chi connectivity index (χ0n) is 18.5. The maximum absolute atomic E-state index is 11.8. The predicted octanol–water partition coefficient (Wildman–Crippen LogP) is 0.0177. The molecule has 15 nitrogen and oxygen atoms in total. The van der Waals surface area contributed by atoms with Crippen molar-refractivity contribution < 1.29 is 34.2 Å². The molecule has 1 aromatic heterocycles. The van der Waals surface area contributed by atoms with Gasteiger partial charge in [-0.05, 0) is 24.3 Å². The van der Waals surface area contributed by atoms with Crippen LogP contribution in [-0.4, -0.2) is 78.8 Å². The minimum absolute atomic E-state index is 0.0179. The van der Waals surface area contributed by atoms with Gasteiger partial charge in [0.2, 0.25) is 17.1 Å². The zero-order valence-corrected chi connectivity index (χ0v) is 20.9. The molecule has 0 saturated carbocycles. The van der Waals surface area contributed by atoms with Crippen LogP contribution in [0.3, 0.4) is 0 Å². The highest BCUT2D eigenvalue weighted by Gasteiger charge is 2.14. The first kappa shape index (κ1) is 28.1. The summed E-state index contributed by atoms with van der Waals surface area (Å²) in [4.78, 5) is 12.5. The first-order valence-electron chi connectivity index (χ1n) is 9.41. The van der Waals surface area contributed by atoms with E-state index < -0.39 is 20.2 Å². The van der Waals surface area contributed by atoms with Crippen LogP contribution in [0.2, 0.25) is 0 Å². The van der Waals surface area contributed by atoms with E-state index in [9.17, 15) is 16.8 Å². The lowest BCUT2D eigenvalue weighted by Crippen LogP contribution is -2.28. The molecule has 18 heteroatoms. The summed E-state index contributed by atoms with van der Waals surface area (Å²) in [6.45, 7) is 0.588. The van der Waals surface area contributed by atoms with Crippen molar-refractivity contribution in [2.24, 2.45) is 0 Å². The summed E-state index contributed by atoms with van der Waals surface area (Å²) < 4.78 is 65.5. The molecule has 0 aliphatic rings. The van der Waals surface area contributed by atoms with Gasteiger partial charge in [-0.2, -0.15) is 37.3 Å². The van der Waals surface area contributed by atoms with Crippen molar-refractivity contribution in [1.29, 1.82) is 0 Å². The molecular weight excluding hydrogens is 514 g/mol. The van der Waals surface area contributed by atoms with Crippen LogP contribution < -0.4 is 21.4 Å². The predicted molar refractivity (Wildman–Crippen MR) is 123 cm³/mol. The molecule has 2 aromatic rings. The van der Waals surface area contributed by atoms with Gasteiger partial charge in [-0.15, -0.1) is 0 Å². The highest BCUT2D eigenvalue weighted by molar-refractivity contribution is 7.94. The van der Waals surface area contributed by atoms with Crippen molar-refractivity contribution in [3.05, 3.63) is 24.3 Å². The van der Waals surface area contributed by atoms with E-state index in [1.807, 2.05) is 0 Å². The van der Waals surface area contributed by atoms with Gasteiger partial charge >= 0.3 is 0 Å². The standard InChI is InChI=1S/C16H25N7O8S3/c1-28-11-17-10-19-31-32-16-22-14(18-8-9-33(24,25)29-2)21-15(23-16)20-12-4-6-13(7-5-12)34(26,27)30-3/h4-7,17,19H,8-11H2,1-3H3,(H2,18,20,21,22,23). The molecule has 0 aliphatic carbocycles. The van der Waals surface area contributed by atoms with Crippen molar-refractivity contribution >= 4 is 49.9 Å². The Morgan fingerprint density at radius 2 is 1.65 bits per heavy atom. The zero-order chi connectivity index (χ0) is 25.0. The molecular formula is C16H25N7O8S3. The van der Waals surface area contributed by atoms with E-state index in [0.717, 1.165) is 26.3 Å². The topological polar surface area (TPSA) is 192 Å². The third-order valence-corrected chi connectivity index (χ3v) is 6.77. The molecule has 1 heterocycles. The summed E-state index contributed by atoms with van der Waals surface area (Å²) in [6.07, 6.45) is 0. The lowest BCUT2D eigenvalue weighted by Gasteiger charge is -2.11. The van der Waals surface area contributed by atoms with E-state index in [-0.39, 0.29) is 40.9 Å². The van der Waals surface area contributed by atoms with Gasteiger partial charge in [0.25, 0.3) is 20.2 Å². The van der Waals surface area contributed by atoms with Crippen molar-refractivity contribution in [3.63, 3.8) is 0 Å². The van der Waals surface area contributed by atoms with Gasteiger partial charge in [0.15, 0.2) is 0 Å². The first-order chi connectivity index (χ1) is 16.2. The maximum atomic E-state index is 11.8. The summed E-state index contributed by atoms with van der Waals surface area (Å²) in [5.74, 6) is -0.136. The molecule has 0 atom stereocenters. The Hall–Kier alpha value is -2.16. The number of nitrogens with zero attached hydrogens (tertiary/aromatic N) is 3. The molecule has 0 radical (unpaired) electrons. The van der Waals surface area contributed by atoms with Gasteiger partial charge in [-0.3, -0.25) is 13.7 Å². The SMILES string of the molecule is COCNCNOSc1nc(NCCS(=O)(=O)OC)nc(Nc2ccc(S(=O)(=O)OC)cc2)n1. The highest BCUT2D eigenvalue weighted by Crippen LogP contribution is 2.21. The van der Waals surface area contributed by atoms with Crippen LogP contribution in [0.4, 0.5) is 17.6 Å². The molecule has 0 aliphatic heterocycles. The summed E-state index contributed by atoms with van der Waals surface area (Å²) in [5, 5.41) is 8.72. The largest absolute Gasteiger partial charge is 0.370 e. The van der Waals surface area contributed by atoms with Gasteiger partial charge < -0.3 is 15.4 Å². The average Bonchev–Trinajstić information content (AvgIpc) is 2.81. The third kappa shape index (κ3) is 9.60. The number of benzene rings is 1. The molecule has 4 N–H and O–H groups in total. The minimum Gasteiger partial charge on any atom is -0.370 e. The summed E-state index contributed by atoms with van der Waals surface area (Å²) >= 11 is 0.797. The number of aromatic nitrogens is 3. The van der Waals surface area contributed by atoms with Crippen molar-refractivity contribution in [1.82, 2.24) is 25.7 Å². The summed E-state index contributed by atoms with van der Waals surface area (Å²) in [6, 6.07) is 5.71. The van der Waals surface area contributed by atoms with Crippen LogP contribution >= 0.6 is 12.0 Å². The lowest BCUT2D eigenvalue weighted by atomic mass is 10.3. The van der Waals surface area contributed by atoms with Gasteiger partial charge in [0.05, 0.1) is 50.3 Å². The van der Waals surface area contributed by atoms with E-state index in [1.54, 1.807) is 7.11 Å². The van der Waals surface area contributed by atoms with Crippen LogP contribution in [0.5, 0.6) is 0 Å². The Bertz CT molecular complexity index is 1120. The van der Waals surface area contributed by atoms with E-state index in [0.29, 0.717) is 12.4 Å². The van der Waals surface area contributed by atoms with Gasteiger partial charge in [0, 0.05) is 19.3 Å². The number of hydrogen-bond donors (Lipinski definition) is 4. The van der Waals surface area contributed by atoms with Crippen LogP contribution in [0.1, 0.15) is 0 Å². The molecule has 2 rings (SSSR count). The number of anilines is 3.